The topological polar surface area (TPSA) is 93.7 Å². The fourth-order valence-corrected chi connectivity index (χ4v) is 3.98. The number of amides is 2. The van der Waals surface area contributed by atoms with Crippen LogP contribution in [0.1, 0.15) is 23.5 Å². The zero-order valence-corrected chi connectivity index (χ0v) is 16.8. The van der Waals surface area contributed by atoms with Crippen molar-refractivity contribution in [2.75, 3.05) is 13.2 Å². The van der Waals surface area contributed by atoms with E-state index >= 15 is 0 Å². The molecule has 0 saturated heterocycles. The van der Waals surface area contributed by atoms with Gasteiger partial charge in [0, 0.05) is 4.47 Å². The van der Waals surface area contributed by atoms with Crippen LogP contribution in [0.25, 0.3) is 0 Å². The van der Waals surface area contributed by atoms with E-state index in [1.165, 1.54) is 11.3 Å². The van der Waals surface area contributed by atoms with Crippen LogP contribution in [0.15, 0.2) is 25.6 Å². The number of halogens is 2. The number of hydrogen-bond acceptors (Lipinski definition) is 6. The van der Waals surface area contributed by atoms with Gasteiger partial charge in [0.1, 0.15) is 11.5 Å². The van der Waals surface area contributed by atoms with Gasteiger partial charge in [0.15, 0.2) is 0 Å². The minimum absolute atomic E-state index is 0.202. The minimum Gasteiger partial charge on any atom is -0.463 e. The quantitative estimate of drug-likeness (QED) is 0.630. The molecule has 7 nitrogen and oxygen atoms in total. The van der Waals surface area contributed by atoms with Crippen LogP contribution >= 0.6 is 43.2 Å². The Morgan fingerprint density at radius 1 is 1.29 bits per heavy atom. The molecule has 1 atom stereocenters. The van der Waals surface area contributed by atoms with Crippen LogP contribution in [0, 0.1) is 0 Å². The number of rotatable bonds is 5. The van der Waals surface area contributed by atoms with Gasteiger partial charge < -0.3 is 20.1 Å². The van der Waals surface area contributed by atoms with Gasteiger partial charge in [0.2, 0.25) is 0 Å². The second-order valence-electron chi connectivity index (χ2n) is 4.74. The molecule has 1 aliphatic heterocycles. The molecule has 2 N–H and O–H groups in total. The lowest BCUT2D eigenvalue weighted by molar-refractivity contribution is -0.139. The molecule has 24 heavy (non-hydrogen) atoms. The molecular weight excluding hydrogens is 468 g/mol. The van der Waals surface area contributed by atoms with Gasteiger partial charge in [-0.2, -0.15) is 0 Å². The van der Waals surface area contributed by atoms with Crippen LogP contribution < -0.4 is 10.6 Å². The molecule has 0 radical (unpaired) electrons. The summed E-state index contributed by atoms with van der Waals surface area (Å²) in [5.41, 5.74) is 0.450. The molecule has 0 unspecified atom stereocenters. The Morgan fingerprint density at radius 3 is 2.58 bits per heavy atom. The van der Waals surface area contributed by atoms with Gasteiger partial charge in [0.05, 0.1) is 27.7 Å². The van der Waals surface area contributed by atoms with Crippen LogP contribution in [-0.4, -0.2) is 37.2 Å². The van der Waals surface area contributed by atoms with Gasteiger partial charge in [0.25, 0.3) is 0 Å². The molecule has 0 spiro atoms. The average Bonchev–Trinajstić information content (AvgIpc) is 2.84. The molecule has 1 aliphatic rings. The van der Waals surface area contributed by atoms with Gasteiger partial charge in [-0.1, -0.05) is 0 Å². The molecule has 2 heterocycles. The zero-order chi connectivity index (χ0) is 17.9. The first kappa shape index (κ1) is 18.9. The normalized spacial score (nSPS) is 17.2. The third kappa shape index (κ3) is 4.37. The van der Waals surface area contributed by atoms with Gasteiger partial charge >= 0.3 is 18.0 Å². The van der Waals surface area contributed by atoms with Crippen LogP contribution in [-0.2, 0) is 14.3 Å². The van der Waals surface area contributed by atoms with Crippen LogP contribution in [0.4, 0.5) is 4.79 Å². The fraction of sp³-hybridized carbons (Fsp3) is 0.357. The van der Waals surface area contributed by atoms with Gasteiger partial charge in [-0.05, 0) is 51.8 Å². The third-order valence-corrected chi connectivity index (χ3v) is 6.30. The second kappa shape index (κ2) is 8.13. The Labute approximate surface area is 159 Å². The maximum atomic E-state index is 12.1. The molecule has 0 bridgehead atoms. The van der Waals surface area contributed by atoms with E-state index < -0.39 is 24.0 Å². The summed E-state index contributed by atoms with van der Waals surface area (Å²) in [7, 11) is 0. The molecular formula is C14H14Br2N2O5S. The van der Waals surface area contributed by atoms with Crippen molar-refractivity contribution in [3.05, 3.63) is 30.5 Å². The van der Waals surface area contributed by atoms with Gasteiger partial charge in [-0.25, -0.2) is 14.4 Å². The number of hydrogen-bond donors (Lipinski definition) is 2. The molecule has 0 aliphatic carbocycles. The Morgan fingerprint density at radius 2 is 2.00 bits per heavy atom. The lowest BCUT2D eigenvalue weighted by atomic mass is 10.0. The largest absolute Gasteiger partial charge is 0.463 e. The highest BCUT2D eigenvalue weighted by Gasteiger charge is 2.30. The number of urea groups is 1. The predicted octanol–water partition coefficient (Wildman–Crippen LogP) is 2.95. The van der Waals surface area contributed by atoms with Crippen molar-refractivity contribution >= 4 is 61.2 Å². The lowest BCUT2D eigenvalue weighted by Crippen LogP contribution is -2.50. The summed E-state index contributed by atoms with van der Waals surface area (Å²) in [6.07, 6.45) is 0. The second-order valence-corrected chi connectivity index (χ2v) is 7.97. The maximum Gasteiger partial charge on any atom is 0.348 e. The lowest BCUT2D eigenvalue weighted by Gasteiger charge is -2.26. The Bertz CT molecular complexity index is 697. The van der Waals surface area contributed by atoms with E-state index in [0.717, 1.165) is 8.26 Å². The summed E-state index contributed by atoms with van der Waals surface area (Å²) in [5, 5.41) is 5.07. The Hall–Kier alpha value is -1.39. The number of nitrogens with one attached hydrogen (secondary N) is 2. The molecule has 130 valence electrons. The average molecular weight is 482 g/mol. The van der Waals surface area contributed by atoms with Crippen molar-refractivity contribution in [1.82, 2.24) is 10.6 Å². The highest BCUT2D eigenvalue weighted by Crippen LogP contribution is 2.32. The molecule has 1 aromatic heterocycles. The molecule has 10 heteroatoms. The van der Waals surface area contributed by atoms with E-state index in [2.05, 4.69) is 42.5 Å². The molecule has 0 saturated carbocycles. The standard InChI is InChI=1S/C14H14Br2N2O5S/c1-3-22-13(20)10-6(2)17-14(21)18-8(10)5-23-12(19)9-4-7(15)11(16)24-9/h4,6H,3,5H2,1-2H3,(H2,17,18,21)/t6-/m1/s1. The van der Waals surface area contributed by atoms with E-state index in [4.69, 9.17) is 9.47 Å². The van der Waals surface area contributed by atoms with Gasteiger partial charge in [-0.15, -0.1) is 11.3 Å². The van der Waals surface area contributed by atoms with E-state index in [-0.39, 0.29) is 24.5 Å². The van der Waals surface area contributed by atoms with E-state index in [1.54, 1.807) is 19.9 Å². The Kier molecular flexibility index (Phi) is 6.41. The smallest absolute Gasteiger partial charge is 0.348 e. The number of carbonyl (C=O) groups excluding carboxylic acids is 3. The highest BCUT2D eigenvalue weighted by atomic mass is 79.9. The highest BCUT2D eigenvalue weighted by molar-refractivity contribution is 9.13. The van der Waals surface area contributed by atoms with Crippen molar-refractivity contribution in [1.29, 1.82) is 0 Å². The van der Waals surface area contributed by atoms with Crippen LogP contribution in [0.2, 0.25) is 0 Å². The monoisotopic (exact) mass is 480 g/mol. The molecule has 0 fully saturated rings. The fourth-order valence-electron chi connectivity index (χ4n) is 2.05. The molecule has 2 amide bonds. The van der Waals surface area contributed by atoms with Crippen molar-refractivity contribution in [2.24, 2.45) is 0 Å². The summed E-state index contributed by atoms with van der Waals surface area (Å²) in [5.74, 6) is -1.12. The van der Waals surface area contributed by atoms with Crippen LogP contribution in [0.5, 0.6) is 0 Å². The SMILES string of the molecule is CCOC(=O)C1=C(COC(=O)c2cc(Br)c(Br)s2)NC(=O)N[C@@H]1C. The van der Waals surface area contributed by atoms with Crippen molar-refractivity contribution < 1.29 is 23.9 Å². The zero-order valence-electron chi connectivity index (χ0n) is 12.8. The summed E-state index contributed by atoms with van der Waals surface area (Å²) in [4.78, 5) is 36.2. The van der Waals surface area contributed by atoms with E-state index in [0.29, 0.717) is 4.88 Å². The third-order valence-electron chi connectivity index (χ3n) is 3.06. The summed E-state index contributed by atoms with van der Waals surface area (Å²) >= 11 is 7.81. The summed E-state index contributed by atoms with van der Waals surface area (Å²) in [6, 6.07) is 0.612. The first-order chi connectivity index (χ1) is 11.3. The number of esters is 2. The first-order valence-corrected chi connectivity index (χ1v) is 9.33. The molecule has 0 aromatic carbocycles. The number of ether oxygens (including phenoxy) is 2. The van der Waals surface area contributed by atoms with Crippen molar-refractivity contribution in [3.63, 3.8) is 0 Å². The van der Waals surface area contributed by atoms with Crippen molar-refractivity contribution in [3.8, 4) is 0 Å². The van der Waals surface area contributed by atoms with Crippen molar-refractivity contribution in [2.45, 2.75) is 19.9 Å². The first-order valence-electron chi connectivity index (χ1n) is 6.93. The summed E-state index contributed by atoms with van der Waals surface area (Å²) in [6.45, 7) is 3.30. The molecule has 1 aromatic rings. The number of thiophene rings is 1. The minimum atomic E-state index is -0.565. The maximum absolute atomic E-state index is 12.1. The van der Waals surface area contributed by atoms with E-state index in [1.807, 2.05) is 0 Å². The predicted molar refractivity (Wildman–Crippen MR) is 94.8 cm³/mol. The van der Waals surface area contributed by atoms with Gasteiger partial charge in [-0.3, -0.25) is 0 Å². The number of carbonyl (C=O) groups is 3. The Balaban J connectivity index is 2.16. The van der Waals surface area contributed by atoms with E-state index in [9.17, 15) is 14.4 Å². The molecule has 2 rings (SSSR count). The van der Waals surface area contributed by atoms with Crippen LogP contribution in [0.3, 0.4) is 0 Å². The summed E-state index contributed by atoms with van der Waals surface area (Å²) < 4.78 is 11.7.